The Kier molecular flexibility index (Phi) is 6.81. The summed E-state index contributed by atoms with van der Waals surface area (Å²) in [4.78, 5) is 10.7. The van der Waals surface area contributed by atoms with Crippen LogP contribution in [0.3, 0.4) is 0 Å². The number of guanidine groups is 1. The molecule has 2 heterocycles. The van der Waals surface area contributed by atoms with Crippen LogP contribution in [0.5, 0.6) is 11.5 Å². The van der Waals surface area contributed by atoms with Gasteiger partial charge in [0.1, 0.15) is 16.7 Å². The normalized spacial score (nSPS) is 16.8. The Morgan fingerprint density at radius 1 is 1.25 bits per heavy atom. The van der Waals surface area contributed by atoms with Gasteiger partial charge in [0.15, 0.2) is 5.96 Å². The van der Waals surface area contributed by atoms with Gasteiger partial charge in [0.05, 0.1) is 14.2 Å². The van der Waals surface area contributed by atoms with Gasteiger partial charge in [0.25, 0.3) is 0 Å². The van der Waals surface area contributed by atoms with Crippen molar-refractivity contribution >= 4 is 23.2 Å². The maximum atomic E-state index is 5.83. The van der Waals surface area contributed by atoms with E-state index >= 15 is 0 Å². The summed E-state index contributed by atoms with van der Waals surface area (Å²) < 4.78 is 10.8. The molecular weight excluding hydrogens is 378 g/mol. The van der Waals surface area contributed by atoms with Crippen molar-refractivity contribution in [1.82, 2.24) is 15.6 Å². The smallest absolute Gasteiger partial charge is 0.191 e. The van der Waals surface area contributed by atoms with E-state index < -0.39 is 0 Å². The molecule has 0 amide bonds. The van der Waals surface area contributed by atoms with Gasteiger partial charge < -0.3 is 25.0 Å². The molecule has 2 aromatic rings. The summed E-state index contributed by atoms with van der Waals surface area (Å²) in [6.45, 7) is 2.46. The zero-order chi connectivity index (χ0) is 19.9. The number of anilines is 1. The number of aliphatic imine (C=N–C) groups is 1. The first kappa shape index (κ1) is 20.1. The standard InChI is InChI=1S/C20H26ClN5O2/c1-22-20(24-12-14-4-5-19(21)23-11-14)25-15-6-7-26(13-15)16-8-17(27-2)10-18(9-16)28-3/h4-5,8-11,15H,6-7,12-13H2,1-3H3,(H2,22,24,25). The van der Waals surface area contributed by atoms with Crippen molar-refractivity contribution in [2.24, 2.45) is 4.99 Å². The fourth-order valence-electron chi connectivity index (χ4n) is 3.17. The number of hydrogen-bond acceptors (Lipinski definition) is 5. The van der Waals surface area contributed by atoms with Crippen LogP contribution >= 0.6 is 11.6 Å². The van der Waals surface area contributed by atoms with Gasteiger partial charge in [-0.1, -0.05) is 17.7 Å². The topological polar surface area (TPSA) is 71.0 Å². The Labute approximate surface area is 170 Å². The number of nitrogens with one attached hydrogen (secondary N) is 2. The zero-order valence-corrected chi connectivity index (χ0v) is 17.2. The van der Waals surface area contributed by atoms with Gasteiger partial charge in [-0.05, 0) is 18.1 Å². The van der Waals surface area contributed by atoms with Crippen molar-refractivity contribution < 1.29 is 9.47 Å². The van der Waals surface area contributed by atoms with Crippen LogP contribution in [0.25, 0.3) is 0 Å². The van der Waals surface area contributed by atoms with Crippen LogP contribution in [0.1, 0.15) is 12.0 Å². The molecule has 1 aliphatic rings. The molecule has 1 aromatic heterocycles. The van der Waals surface area contributed by atoms with Crippen LogP contribution in [0.15, 0.2) is 41.5 Å². The third kappa shape index (κ3) is 5.19. The lowest BCUT2D eigenvalue weighted by Gasteiger charge is -2.21. The fraction of sp³-hybridized carbons (Fsp3) is 0.400. The number of methoxy groups -OCH3 is 2. The summed E-state index contributed by atoms with van der Waals surface area (Å²) in [5.41, 5.74) is 2.14. The van der Waals surface area contributed by atoms with Crippen molar-refractivity contribution in [2.75, 3.05) is 39.3 Å². The average molecular weight is 404 g/mol. The lowest BCUT2D eigenvalue weighted by Crippen LogP contribution is -2.44. The summed E-state index contributed by atoms with van der Waals surface area (Å²) in [5.74, 6) is 2.35. The first-order valence-corrected chi connectivity index (χ1v) is 9.54. The number of nitrogens with zero attached hydrogens (tertiary/aromatic N) is 3. The number of benzene rings is 1. The van der Waals surface area contributed by atoms with Gasteiger partial charge >= 0.3 is 0 Å². The van der Waals surface area contributed by atoms with E-state index in [-0.39, 0.29) is 0 Å². The lowest BCUT2D eigenvalue weighted by molar-refractivity contribution is 0.394. The van der Waals surface area contributed by atoms with E-state index in [1.165, 1.54) is 0 Å². The Hall–Kier alpha value is -2.67. The van der Waals surface area contributed by atoms with E-state index in [1.54, 1.807) is 33.5 Å². The van der Waals surface area contributed by atoms with Crippen LogP contribution in [0.4, 0.5) is 5.69 Å². The predicted molar refractivity (Wildman–Crippen MR) is 113 cm³/mol. The van der Waals surface area contributed by atoms with E-state index in [9.17, 15) is 0 Å². The SMILES string of the molecule is CN=C(NCc1ccc(Cl)nc1)NC1CCN(c2cc(OC)cc(OC)c2)C1. The monoisotopic (exact) mass is 403 g/mol. The average Bonchev–Trinajstić information content (AvgIpc) is 3.20. The third-order valence-corrected chi connectivity index (χ3v) is 4.93. The van der Waals surface area contributed by atoms with Crippen molar-refractivity contribution in [1.29, 1.82) is 0 Å². The molecule has 0 aliphatic carbocycles. The first-order chi connectivity index (χ1) is 13.6. The van der Waals surface area contributed by atoms with Gasteiger partial charge in [-0.3, -0.25) is 4.99 Å². The molecule has 150 valence electrons. The Balaban J connectivity index is 1.56. The molecule has 2 N–H and O–H groups in total. The highest BCUT2D eigenvalue weighted by Gasteiger charge is 2.24. The second kappa shape index (κ2) is 9.50. The molecule has 0 bridgehead atoms. The van der Waals surface area contributed by atoms with Crippen LogP contribution in [-0.4, -0.2) is 51.3 Å². The first-order valence-electron chi connectivity index (χ1n) is 9.17. The Morgan fingerprint density at radius 3 is 2.61 bits per heavy atom. The number of pyridine rings is 1. The van der Waals surface area contributed by atoms with E-state index in [1.807, 2.05) is 24.3 Å². The Bertz CT molecular complexity index is 790. The molecule has 1 aliphatic heterocycles. The van der Waals surface area contributed by atoms with Gasteiger partial charge in [0, 0.05) is 62.8 Å². The maximum Gasteiger partial charge on any atom is 0.191 e. The highest BCUT2D eigenvalue weighted by Crippen LogP contribution is 2.30. The molecule has 1 unspecified atom stereocenters. The molecule has 28 heavy (non-hydrogen) atoms. The molecule has 0 saturated carbocycles. The van der Waals surface area contributed by atoms with Crippen molar-refractivity contribution in [3.63, 3.8) is 0 Å². The van der Waals surface area contributed by atoms with Crippen molar-refractivity contribution in [3.05, 3.63) is 47.2 Å². The van der Waals surface area contributed by atoms with E-state index in [4.69, 9.17) is 21.1 Å². The minimum Gasteiger partial charge on any atom is -0.497 e. The molecule has 1 atom stereocenters. The summed E-state index contributed by atoms with van der Waals surface area (Å²) in [5, 5.41) is 7.30. The molecule has 0 radical (unpaired) electrons. The molecule has 7 nitrogen and oxygen atoms in total. The molecule has 3 rings (SSSR count). The number of ether oxygens (including phenoxy) is 2. The summed E-state index contributed by atoms with van der Waals surface area (Å²) in [7, 11) is 5.10. The summed E-state index contributed by atoms with van der Waals surface area (Å²) in [6.07, 6.45) is 2.78. The molecule has 1 fully saturated rings. The van der Waals surface area contributed by atoms with Gasteiger partial charge in [-0.15, -0.1) is 0 Å². The quantitative estimate of drug-likeness (QED) is 0.439. The molecule has 8 heteroatoms. The highest BCUT2D eigenvalue weighted by atomic mass is 35.5. The van der Waals surface area contributed by atoms with Gasteiger partial charge in [-0.2, -0.15) is 0 Å². The summed E-state index contributed by atoms with van der Waals surface area (Å²) >= 11 is 5.83. The van der Waals surface area contributed by atoms with E-state index in [2.05, 4.69) is 25.5 Å². The Morgan fingerprint density at radius 2 is 2.00 bits per heavy atom. The second-order valence-electron chi connectivity index (χ2n) is 6.56. The van der Waals surface area contributed by atoms with Crippen molar-refractivity contribution in [3.8, 4) is 11.5 Å². The van der Waals surface area contributed by atoms with Crippen LogP contribution < -0.4 is 25.0 Å². The largest absolute Gasteiger partial charge is 0.497 e. The van der Waals surface area contributed by atoms with Gasteiger partial charge in [-0.25, -0.2) is 4.98 Å². The van der Waals surface area contributed by atoms with Gasteiger partial charge in [0.2, 0.25) is 0 Å². The second-order valence-corrected chi connectivity index (χ2v) is 6.95. The maximum absolute atomic E-state index is 5.83. The molecule has 1 saturated heterocycles. The number of rotatable bonds is 6. The third-order valence-electron chi connectivity index (χ3n) is 4.70. The highest BCUT2D eigenvalue weighted by molar-refractivity contribution is 6.29. The van der Waals surface area contributed by atoms with Crippen LogP contribution in [0.2, 0.25) is 5.15 Å². The van der Waals surface area contributed by atoms with E-state index in [0.717, 1.165) is 48.2 Å². The number of aromatic nitrogens is 1. The predicted octanol–water partition coefficient (Wildman–Crippen LogP) is 2.70. The lowest BCUT2D eigenvalue weighted by atomic mass is 10.2. The minimum absolute atomic E-state index is 0.298. The zero-order valence-electron chi connectivity index (χ0n) is 16.4. The molecular formula is C20H26ClN5O2. The summed E-state index contributed by atoms with van der Waals surface area (Å²) in [6, 6.07) is 9.98. The number of halogens is 1. The van der Waals surface area contributed by atoms with Crippen LogP contribution in [0, 0.1) is 0 Å². The molecule has 0 spiro atoms. The fourth-order valence-corrected chi connectivity index (χ4v) is 3.28. The van der Waals surface area contributed by atoms with Crippen LogP contribution in [-0.2, 0) is 6.54 Å². The van der Waals surface area contributed by atoms with Crippen molar-refractivity contribution in [2.45, 2.75) is 19.0 Å². The molecule has 1 aromatic carbocycles. The minimum atomic E-state index is 0.298. The van der Waals surface area contributed by atoms with E-state index in [0.29, 0.717) is 17.7 Å². The number of hydrogen-bond donors (Lipinski definition) is 2.